The largest absolute Gasteiger partial charge is 0.379 e. The highest BCUT2D eigenvalue weighted by molar-refractivity contribution is 7.89. The fourth-order valence-corrected chi connectivity index (χ4v) is 5.88. The van der Waals surface area contributed by atoms with Gasteiger partial charge in [-0.3, -0.25) is 4.79 Å². The summed E-state index contributed by atoms with van der Waals surface area (Å²) in [5, 5.41) is 2.81. The molecule has 0 bridgehead atoms. The molecule has 31 heavy (non-hydrogen) atoms. The van der Waals surface area contributed by atoms with Crippen LogP contribution < -0.4 is 5.32 Å². The van der Waals surface area contributed by atoms with Crippen LogP contribution in [0.2, 0.25) is 0 Å². The van der Waals surface area contributed by atoms with E-state index in [2.05, 4.69) is 5.32 Å². The first-order chi connectivity index (χ1) is 14.9. The number of carbonyl (C=O) groups excluding carboxylic acids is 1. The van der Waals surface area contributed by atoms with Crippen LogP contribution in [0.25, 0.3) is 10.4 Å². The standard InChI is InChI=1S/C22H21FN2O4S2/c23-18-7-5-16(6-8-18)19-9-10-20(30-19)22(26)24-15-17-3-1-2-4-21(17)31(27,28)25-11-13-29-14-12-25/h1-10H,11-15H2,(H,24,26). The summed E-state index contributed by atoms with van der Waals surface area (Å²) in [6.07, 6.45) is 0. The topological polar surface area (TPSA) is 75.7 Å². The van der Waals surface area contributed by atoms with Gasteiger partial charge in [-0.25, -0.2) is 12.8 Å². The van der Waals surface area contributed by atoms with Crippen molar-refractivity contribution in [3.63, 3.8) is 0 Å². The first-order valence-electron chi connectivity index (χ1n) is 9.75. The van der Waals surface area contributed by atoms with Crippen LogP contribution in [-0.2, 0) is 21.3 Å². The smallest absolute Gasteiger partial charge is 0.261 e. The fourth-order valence-electron chi connectivity index (χ4n) is 3.32. The van der Waals surface area contributed by atoms with E-state index in [1.54, 1.807) is 42.5 Å². The van der Waals surface area contributed by atoms with E-state index < -0.39 is 10.0 Å². The molecule has 0 saturated carbocycles. The minimum Gasteiger partial charge on any atom is -0.379 e. The summed E-state index contributed by atoms with van der Waals surface area (Å²) >= 11 is 1.29. The average Bonchev–Trinajstić information content (AvgIpc) is 3.29. The molecule has 1 aliphatic rings. The van der Waals surface area contributed by atoms with Crippen LogP contribution in [0, 0.1) is 5.82 Å². The molecule has 2 heterocycles. The van der Waals surface area contributed by atoms with Crippen molar-refractivity contribution in [3.05, 3.63) is 76.9 Å². The summed E-state index contributed by atoms with van der Waals surface area (Å²) in [6.45, 7) is 1.44. The highest BCUT2D eigenvalue weighted by Gasteiger charge is 2.28. The molecule has 1 aliphatic heterocycles. The van der Waals surface area contributed by atoms with Gasteiger partial charge >= 0.3 is 0 Å². The van der Waals surface area contributed by atoms with Gasteiger partial charge in [-0.05, 0) is 41.5 Å². The predicted octanol–water partition coefficient (Wildman–Crippen LogP) is 3.51. The van der Waals surface area contributed by atoms with Crippen LogP contribution in [0.3, 0.4) is 0 Å². The lowest BCUT2D eigenvalue weighted by atomic mass is 10.2. The molecule has 2 aromatic carbocycles. The molecule has 0 atom stereocenters. The fraction of sp³-hybridized carbons (Fsp3) is 0.227. The quantitative estimate of drug-likeness (QED) is 0.611. The molecule has 4 rings (SSSR count). The van der Waals surface area contributed by atoms with Crippen molar-refractivity contribution in [1.29, 1.82) is 0 Å². The van der Waals surface area contributed by atoms with Gasteiger partial charge in [-0.15, -0.1) is 11.3 Å². The molecule has 0 aliphatic carbocycles. The van der Waals surface area contributed by atoms with Gasteiger partial charge in [0.2, 0.25) is 10.0 Å². The summed E-state index contributed by atoms with van der Waals surface area (Å²) in [6, 6.07) is 16.3. The molecule has 162 valence electrons. The number of morpholine rings is 1. The lowest BCUT2D eigenvalue weighted by molar-refractivity contribution is 0.0730. The van der Waals surface area contributed by atoms with Crippen molar-refractivity contribution in [2.24, 2.45) is 0 Å². The Morgan fingerprint density at radius 1 is 1.03 bits per heavy atom. The number of ether oxygens (including phenoxy) is 1. The van der Waals surface area contributed by atoms with Crippen LogP contribution in [0.5, 0.6) is 0 Å². The van der Waals surface area contributed by atoms with Crippen molar-refractivity contribution < 1.29 is 22.3 Å². The second-order valence-electron chi connectivity index (χ2n) is 6.98. The van der Waals surface area contributed by atoms with Crippen molar-refractivity contribution >= 4 is 27.3 Å². The maximum absolute atomic E-state index is 13.1. The number of amides is 1. The first-order valence-corrected chi connectivity index (χ1v) is 12.0. The summed E-state index contributed by atoms with van der Waals surface area (Å²) in [7, 11) is -3.67. The van der Waals surface area contributed by atoms with E-state index >= 15 is 0 Å². The van der Waals surface area contributed by atoms with Crippen LogP contribution in [0.15, 0.2) is 65.6 Å². The zero-order valence-corrected chi connectivity index (χ0v) is 18.2. The van der Waals surface area contributed by atoms with Crippen molar-refractivity contribution in [3.8, 4) is 10.4 Å². The van der Waals surface area contributed by atoms with Gasteiger partial charge in [-0.1, -0.05) is 30.3 Å². The van der Waals surface area contributed by atoms with E-state index in [1.807, 2.05) is 6.07 Å². The molecule has 1 fully saturated rings. The van der Waals surface area contributed by atoms with E-state index in [9.17, 15) is 17.6 Å². The number of hydrogen-bond donors (Lipinski definition) is 1. The van der Waals surface area contributed by atoms with Crippen LogP contribution in [0.1, 0.15) is 15.2 Å². The van der Waals surface area contributed by atoms with E-state index in [0.717, 1.165) is 10.4 Å². The number of benzene rings is 2. The lowest BCUT2D eigenvalue weighted by Gasteiger charge is -2.27. The third kappa shape index (κ3) is 4.85. The molecule has 1 amide bonds. The number of thiophene rings is 1. The minimum absolute atomic E-state index is 0.0857. The molecule has 6 nitrogen and oxygen atoms in total. The number of sulfonamides is 1. The normalized spacial score (nSPS) is 15.0. The second kappa shape index (κ2) is 9.27. The number of carbonyl (C=O) groups is 1. The summed E-state index contributed by atoms with van der Waals surface area (Å²) in [5.74, 6) is -0.610. The average molecular weight is 461 g/mol. The number of hydrogen-bond acceptors (Lipinski definition) is 5. The molecule has 1 aromatic heterocycles. The third-order valence-electron chi connectivity index (χ3n) is 4.96. The molecule has 3 aromatic rings. The van der Waals surface area contributed by atoms with Crippen molar-refractivity contribution in [2.45, 2.75) is 11.4 Å². The molecular formula is C22H21FN2O4S2. The van der Waals surface area contributed by atoms with Crippen molar-refractivity contribution in [2.75, 3.05) is 26.3 Å². The van der Waals surface area contributed by atoms with Gasteiger partial charge in [0.05, 0.1) is 23.0 Å². The number of rotatable bonds is 6. The van der Waals surface area contributed by atoms with Gasteiger partial charge < -0.3 is 10.1 Å². The van der Waals surface area contributed by atoms with E-state index in [1.165, 1.54) is 27.8 Å². The van der Waals surface area contributed by atoms with Gasteiger partial charge in [0.1, 0.15) is 5.82 Å². The van der Waals surface area contributed by atoms with Crippen molar-refractivity contribution in [1.82, 2.24) is 9.62 Å². The highest BCUT2D eigenvalue weighted by atomic mass is 32.2. The van der Waals surface area contributed by atoms with E-state index in [4.69, 9.17) is 4.74 Å². The zero-order valence-electron chi connectivity index (χ0n) is 16.6. The molecule has 0 unspecified atom stereocenters. The molecule has 1 saturated heterocycles. The maximum atomic E-state index is 13.1. The monoisotopic (exact) mass is 460 g/mol. The molecule has 0 spiro atoms. The SMILES string of the molecule is O=C(NCc1ccccc1S(=O)(=O)N1CCOCC1)c1ccc(-c2ccc(F)cc2)s1. The van der Waals surface area contributed by atoms with Gasteiger partial charge in [-0.2, -0.15) is 4.31 Å². The zero-order chi connectivity index (χ0) is 21.8. The lowest BCUT2D eigenvalue weighted by Crippen LogP contribution is -2.41. The number of nitrogens with zero attached hydrogens (tertiary/aromatic N) is 1. The Labute approximate surface area is 184 Å². The summed E-state index contributed by atoms with van der Waals surface area (Å²) in [5.41, 5.74) is 1.35. The molecule has 9 heteroatoms. The molecule has 0 radical (unpaired) electrons. The Kier molecular flexibility index (Phi) is 6.47. The molecular weight excluding hydrogens is 439 g/mol. The van der Waals surface area contributed by atoms with Gasteiger partial charge in [0, 0.05) is 24.5 Å². The first kappa shape index (κ1) is 21.6. The van der Waals surface area contributed by atoms with Crippen LogP contribution in [0.4, 0.5) is 4.39 Å². The summed E-state index contributed by atoms with van der Waals surface area (Å²) in [4.78, 5) is 14.2. The third-order valence-corrected chi connectivity index (χ3v) is 8.09. The van der Waals surface area contributed by atoms with E-state index in [-0.39, 0.29) is 23.2 Å². The highest BCUT2D eigenvalue weighted by Crippen LogP contribution is 2.28. The van der Waals surface area contributed by atoms with Gasteiger partial charge in [0.25, 0.3) is 5.91 Å². The Morgan fingerprint density at radius 3 is 2.48 bits per heavy atom. The van der Waals surface area contributed by atoms with Crippen LogP contribution >= 0.6 is 11.3 Å². The molecule has 1 N–H and O–H groups in total. The summed E-state index contributed by atoms with van der Waals surface area (Å²) < 4.78 is 45.9. The Balaban J connectivity index is 1.47. The van der Waals surface area contributed by atoms with Crippen LogP contribution in [-0.4, -0.2) is 44.9 Å². The van der Waals surface area contributed by atoms with Gasteiger partial charge in [0.15, 0.2) is 0 Å². The van der Waals surface area contributed by atoms with E-state index in [0.29, 0.717) is 36.7 Å². The maximum Gasteiger partial charge on any atom is 0.261 e. The predicted molar refractivity (Wildman–Crippen MR) is 117 cm³/mol. The number of nitrogens with one attached hydrogen (secondary N) is 1. The Hall–Kier alpha value is -2.59. The Morgan fingerprint density at radius 2 is 1.74 bits per heavy atom. The number of halogens is 1. The minimum atomic E-state index is -3.67. The Bertz CT molecular complexity index is 1170. The second-order valence-corrected chi connectivity index (χ2v) is 9.97.